The molecule has 0 radical (unpaired) electrons. The van der Waals surface area contributed by atoms with E-state index in [0.29, 0.717) is 24.6 Å². The molecular formula is C15H24N4O. The first kappa shape index (κ1) is 13.6. The van der Waals surface area contributed by atoms with Crippen LogP contribution in [0.25, 0.3) is 0 Å². The third kappa shape index (κ3) is 2.87. The summed E-state index contributed by atoms with van der Waals surface area (Å²) in [5, 5.41) is 3.53. The standard InChI is InChI=1S/C15H24N4O/c1-3-9-20-14-10-11(2)16-15(18-14)17-12-6-8-19-7-4-5-13(12)19/h10,12-13H,3-9H2,1-2H3,(H,16,17,18). The van der Waals surface area contributed by atoms with Crippen molar-refractivity contribution in [2.75, 3.05) is 25.0 Å². The van der Waals surface area contributed by atoms with Crippen molar-refractivity contribution in [1.29, 1.82) is 0 Å². The van der Waals surface area contributed by atoms with Crippen LogP contribution in [0.4, 0.5) is 5.95 Å². The second kappa shape index (κ2) is 5.95. The van der Waals surface area contributed by atoms with Gasteiger partial charge in [0.15, 0.2) is 0 Å². The number of hydrogen-bond acceptors (Lipinski definition) is 5. The van der Waals surface area contributed by atoms with E-state index in [1.54, 1.807) is 0 Å². The minimum Gasteiger partial charge on any atom is -0.478 e. The van der Waals surface area contributed by atoms with Crippen molar-refractivity contribution < 1.29 is 4.74 Å². The Hall–Kier alpha value is -1.36. The summed E-state index contributed by atoms with van der Waals surface area (Å²) in [4.78, 5) is 11.6. The third-order valence-electron chi connectivity index (χ3n) is 4.21. The molecule has 2 fully saturated rings. The molecular weight excluding hydrogens is 252 g/mol. The molecule has 0 bridgehead atoms. The van der Waals surface area contributed by atoms with Crippen LogP contribution >= 0.6 is 0 Å². The van der Waals surface area contributed by atoms with Gasteiger partial charge in [0.25, 0.3) is 0 Å². The molecule has 0 spiro atoms. The zero-order valence-corrected chi connectivity index (χ0v) is 12.4. The lowest BCUT2D eigenvalue weighted by atomic mass is 10.1. The highest BCUT2D eigenvalue weighted by molar-refractivity contribution is 5.33. The molecule has 0 amide bonds. The van der Waals surface area contributed by atoms with Gasteiger partial charge in [0.2, 0.25) is 11.8 Å². The Morgan fingerprint density at radius 3 is 3.10 bits per heavy atom. The minimum absolute atomic E-state index is 0.485. The number of nitrogens with one attached hydrogen (secondary N) is 1. The molecule has 0 aliphatic carbocycles. The first-order chi connectivity index (χ1) is 9.76. The molecule has 0 aromatic carbocycles. The summed E-state index contributed by atoms with van der Waals surface area (Å²) in [6.45, 7) is 7.24. The number of fused-ring (bicyclic) bond motifs is 1. The highest BCUT2D eigenvalue weighted by atomic mass is 16.5. The van der Waals surface area contributed by atoms with Crippen molar-refractivity contribution in [3.63, 3.8) is 0 Å². The molecule has 2 aliphatic rings. The summed E-state index contributed by atoms with van der Waals surface area (Å²) >= 11 is 0. The fraction of sp³-hybridized carbons (Fsp3) is 0.733. The van der Waals surface area contributed by atoms with Crippen LogP contribution in [0.2, 0.25) is 0 Å². The molecule has 2 atom stereocenters. The zero-order valence-electron chi connectivity index (χ0n) is 12.4. The van der Waals surface area contributed by atoms with Gasteiger partial charge < -0.3 is 10.1 Å². The molecule has 0 saturated carbocycles. The predicted octanol–water partition coefficient (Wildman–Crippen LogP) is 2.22. The molecule has 1 aromatic heterocycles. The highest BCUT2D eigenvalue weighted by Gasteiger charge is 2.37. The van der Waals surface area contributed by atoms with E-state index >= 15 is 0 Å². The van der Waals surface area contributed by atoms with Gasteiger partial charge in [-0.1, -0.05) is 6.92 Å². The number of ether oxygens (including phenoxy) is 1. The van der Waals surface area contributed by atoms with Crippen molar-refractivity contribution in [2.45, 2.75) is 51.6 Å². The maximum Gasteiger partial charge on any atom is 0.226 e. The van der Waals surface area contributed by atoms with Crippen LogP contribution in [-0.2, 0) is 0 Å². The van der Waals surface area contributed by atoms with Gasteiger partial charge in [-0.25, -0.2) is 4.98 Å². The van der Waals surface area contributed by atoms with E-state index in [1.165, 1.54) is 32.4 Å². The fourth-order valence-electron chi connectivity index (χ4n) is 3.30. The van der Waals surface area contributed by atoms with E-state index in [1.807, 2.05) is 13.0 Å². The van der Waals surface area contributed by atoms with E-state index < -0.39 is 0 Å². The molecule has 2 aliphatic heterocycles. The number of nitrogens with zero attached hydrogens (tertiary/aromatic N) is 3. The van der Waals surface area contributed by atoms with Gasteiger partial charge in [-0.3, -0.25) is 4.90 Å². The van der Waals surface area contributed by atoms with Crippen LogP contribution < -0.4 is 10.1 Å². The summed E-state index contributed by atoms with van der Waals surface area (Å²) in [6, 6.07) is 3.05. The number of hydrogen-bond donors (Lipinski definition) is 1. The average molecular weight is 276 g/mol. The maximum absolute atomic E-state index is 5.63. The van der Waals surface area contributed by atoms with Crippen molar-refractivity contribution in [3.05, 3.63) is 11.8 Å². The maximum atomic E-state index is 5.63. The SMILES string of the molecule is CCCOc1cc(C)nc(NC2CCN3CCCC23)n1. The lowest BCUT2D eigenvalue weighted by Gasteiger charge is -2.21. The Morgan fingerprint density at radius 1 is 1.35 bits per heavy atom. The molecule has 20 heavy (non-hydrogen) atoms. The van der Waals surface area contributed by atoms with E-state index in [-0.39, 0.29) is 0 Å². The lowest BCUT2D eigenvalue weighted by molar-refractivity contribution is 0.304. The normalized spacial score (nSPS) is 25.7. The molecule has 1 N–H and O–H groups in total. The van der Waals surface area contributed by atoms with Crippen LogP contribution in [0.15, 0.2) is 6.07 Å². The van der Waals surface area contributed by atoms with E-state index in [4.69, 9.17) is 4.74 Å². The summed E-state index contributed by atoms with van der Waals surface area (Å²) in [6.07, 6.45) is 4.80. The van der Waals surface area contributed by atoms with E-state index in [2.05, 4.69) is 27.1 Å². The Bertz CT molecular complexity index is 465. The summed E-state index contributed by atoms with van der Waals surface area (Å²) in [5.74, 6) is 1.40. The molecule has 2 saturated heterocycles. The van der Waals surface area contributed by atoms with Gasteiger partial charge in [0.1, 0.15) is 0 Å². The van der Waals surface area contributed by atoms with Crippen molar-refractivity contribution >= 4 is 5.95 Å². The summed E-state index contributed by atoms with van der Waals surface area (Å²) < 4.78 is 5.63. The molecule has 3 rings (SSSR count). The summed E-state index contributed by atoms with van der Waals surface area (Å²) in [7, 11) is 0. The number of aryl methyl sites for hydroxylation is 1. The third-order valence-corrected chi connectivity index (χ3v) is 4.21. The lowest BCUT2D eigenvalue weighted by Crippen LogP contribution is -2.34. The first-order valence-corrected chi connectivity index (χ1v) is 7.75. The molecule has 1 aromatic rings. The quantitative estimate of drug-likeness (QED) is 0.893. The number of anilines is 1. The van der Waals surface area contributed by atoms with Gasteiger partial charge >= 0.3 is 0 Å². The van der Waals surface area contributed by atoms with Crippen LogP contribution in [0.5, 0.6) is 5.88 Å². The fourth-order valence-corrected chi connectivity index (χ4v) is 3.30. The molecule has 2 unspecified atom stereocenters. The molecule has 5 heteroatoms. The monoisotopic (exact) mass is 276 g/mol. The van der Waals surface area contributed by atoms with Crippen LogP contribution in [-0.4, -0.2) is 46.6 Å². The Labute approximate surface area is 120 Å². The van der Waals surface area contributed by atoms with Crippen LogP contribution in [0.1, 0.15) is 38.3 Å². The zero-order chi connectivity index (χ0) is 13.9. The van der Waals surface area contributed by atoms with Gasteiger partial charge in [-0.05, 0) is 39.2 Å². The van der Waals surface area contributed by atoms with E-state index in [0.717, 1.165) is 18.1 Å². The smallest absolute Gasteiger partial charge is 0.226 e. The van der Waals surface area contributed by atoms with Crippen LogP contribution in [0, 0.1) is 6.92 Å². The second-order valence-electron chi connectivity index (χ2n) is 5.80. The first-order valence-electron chi connectivity index (χ1n) is 7.75. The largest absolute Gasteiger partial charge is 0.478 e. The minimum atomic E-state index is 0.485. The van der Waals surface area contributed by atoms with Crippen molar-refractivity contribution in [2.24, 2.45) is 0 Å². The highest BCUT2D eigenvalue weighted by Crippen LogP contribution is 2.29. The van der Waals surface area contributed by atoms with Crippen LogP contribution in [0.3, 0.4) is 0 Å². The van der Waals surface area contributed by atoms with Gasteiger partial charge in [0.05, 0.1) is 6.61 Å². The van der Waals surface area contributed by atoms with Crippen molar-refractivity contribution in [3.8, 4) is 5.88 Å². The number of rotatable bonds is 5. The predicted molar refractivity (Wildman–Crippen MR) is 79.2 cm³/mol. The summed E-state index contributed by atoms with van der Waals surface area (Å²) in [5.41, 5.74) is 0.954. The Balaban J connectivity index is 1.68. The molecule has 3 heterocycles. The van der Waals surface area contributed by atoms with Crippen molar-refractivity contribution in [1.82, 2.24) is 14.9 Å². The van der Waals surface area contributed by atoms with E-state index in [9.17, 15) is 0 Å². The van der Waals surface area contributed by atoms with Gasteiger partial charge in [-0.2, -0.15) is 4.98 Å². The molecule has 5 nitrogen and oxygen atoms in total. The second-order valence-corrected chi connectivity index (χ2v) is 5.80. The van der Waals surface area contributed by atoms with Gasteiger partial charge in [-0.15, -0.1) is 0 Å². The molecule has 110 valence electrons. The Morgan fingerprint density at radius 2 is 2.25 bits per heavy atom. The number of aromatic nitrogens is 2. The topological polar surface area (TPSA) is 50.3 Å². The Kier molecular flexibility index (Phi) is 4.05. The van der Waals surface area contributed by atoms with Gasteiger partial charge in [0, 0.05) is 30.4 Å². The average Bonchev–Trinajstić information content (AvgIpc) is 3.01.